The lowest BCUT2D eigenvalue weighted by molar-refractivity contribution is -0.129. The number of aryl methyl sites for hydroxylation is 1. The van der Waals surface area contributed by atoms with E-state index in [9.17, 15) is 22.4 Å². The molecule has 27 heavy (non-hydrogen) atoms. The Kier molecular flexibility index (Phi) is 6.89. The molecule has 0 atom stereocenters. The molecule has 0 aromatic heterocycles. The van der Waals surface area contributed by atoms with Crippen molar-refractivity contribution >= 4 is 21.7 Å². The smallest absolute Gasteiger partial charge is 0.276 e. The lowest BCUT2D eigenvalue weighted by atomic mass is 10.2. The van der Waals surface area contributed by atoms with Crippen molar-refractivity contribution in [3.63, 3.8) is 0 Å². The molecular weight excluding hydrogens is 375 g/mol. The third kappa shape index (κ3) is 6.37. The summed E-state index contributed by atoms with van der Waals surface area (Å²) < 4.78 is 42.6. The van der Waals surface area contributed by atoms with Crippen LogP contribution in [0.15, 0.2) is 53.4 Å². The Morgan fingerprint density at radius 1 is 1.00 bits per heavy atom. The molecule has 2 aromatic carbocycles. The van der Waals surface area contributed by atoms with E-state index < -0.39 is 39.8 Å². The van der Waals surface area contributed by atoms with Gasteiger partial charge < -0.3 is 4.74 Å². The molecule has 2 aromatic rings. The second kappa shape index (κ2) is 9.13. The first-order valence-electron chi connectivity index (χ1n) is 8.02. The van der Waals surface area contributed by atoms with Crippen LogP contribution in [0.3, 0.4) is 0 Å². The standard InChI is InChI=1S/C18H19FN2O5S/c1-13-6-8-14(9-7-13)27(24,25)11-10-17(22)20-21-18(23)12-26-16-5-3-2-4-15(16)19/h2-9H,10-12H2,1H3,(H,20,22)(H,21,23). The van der Waals surface area contributed by atoms with Gasteiger partial charge in [-0.1, -0.05) is 29.8 Å². The summed E-state index contributed by atoms with van der Waals surface area (Å²) in [7, 11) is -3.60. The number of hydrazine groups is 1. The number of hydrogen-bond donors (Lipinski definition) is 2. The van der Waals surface area contributed by atoms with Gasteiger partial charge in [0.15, 0.2) is 28.0 Å². The molecule has 0 saturated heterocycles. The maximum absolute atomic E-state index is 13.3. The van der Waals surface area contributed by atoms with E-state index in [-0.39, 0.29) is 17.1 Å². The van der Waals surface area contributed by atoms with Gasteiger partial charge in [-0.25, -0.2) is 12.8 Å². The highest BCUT2D eigenvalue weighted by molar-refractivity contribution is 7.91. The highest BCUT2D eigenvalue weighted by Gasteiger charge is 2.16. The molecule has 144 valence electrons. The summed E-state index contributed by atoms with van der Waals surface area (Å²) in [5.74, 6) is -2.50. The van der Waals surface area contributed by atoms with Crippen LogP contribution in [0.1, 0.15) is 12.0 Å². The summed E-state index contributed by atoms with van der Waals surface area (Å²) >= 11 is 0. The topological polar surface area (TPSA) is 102 Å². The zero-order valence-electron chi connectivity index (χ0n) is 14.6. The number of rotatable bonds is 7. The Bertz CT molecular complexity index is 914. The Labute approximate surface area is 156 Å². The number of para-hydroxylation sites is 1. The first-order valence-corrected chi connectivity index (χ1v) is 9.67. The van der Waals surface area contributed by atoms with Gasteiger partial charge in [-0.05, 0) is 31.2 Å². The Morgan fingerprint density at radius 2 is 1.63 bits per heavy atom. The minimum absolute atomic E-state index is 0.0943. The molecule has 0 bridgehead atoms. The van der Waals surface area contributed by atoms with Gasteiger partial charge in [0.1, 0.15) is 0 Å². The summed E-state index contributed by atoms with van der Waals surface area (Å²) in [6, 6.07) is 11.9. The van der Waals surface area contributed by atoms with Crippen molar-refractivity contribution in [2.45, 2.75) is 18.2 Å². The molecule has 0 radical (unpaired) electrons. The first-order chi connectivity index (χ1) is 12.8. The average molecular weight is 394 g/mol. The van der Waals surface area contributed by atoms with E-state index in [1.165, 1.54) is 30.3 Å². The van der Waals surface area contributed by atoms with E-state index >= 15 is 0 Å². The molecule has 2 rings (SSSR count). The highest BCUT2D eigenvalue weighted by atomic mass is 32.2. The fourth-order valence-corrected chi connectivity index (χ4v) is 3.27. The van der Waals surface area contributed by atoms with Gasteiger partial charge in [0, 0.05) is 6.42 Å². The summed E-state index contributed by atoms with van der Waals surface area (Å²) in [6.45, 7) is 1.32. The predicted molar refractivity (Wildman–Crippen MR) is 96.0 cm³/mol. The van der Waals surface area contributed by atoms with Crippen LogP contribution in [0.5, 0.6) is 5.75 Å². The molecule has 0 saturated carbocycles. The number of halogens is 1. The fraction of sp³-hybridized carbons (Fsp3) is 0.222. The van der Waals surface area contributed by atoms with Gasteiger partial charge in [0.2, 0.25) is 5.91 Å². The molecule has 0 aliphatic carbocycles. The van der Waals surface area contributed by atoms with Gasteiger partial charge in [-0.15, -0.1) is 0 Å². The monoisotopic (exact) mass is 394 g/mol. The number of carbonyl (C=O) groups is 2. The van der Waals surface area contributed by atoms with Crippen LogP contribution < -0.4 is 15.6 Å². The summed E-state index contributed by atoms with van der Waals surface area (Å²) in [6.07, 6.45) is -0.329. The van der Waals surface area contributed by atoms with Crippen LogP contribution in [0.4, 0.5) is 4.39 Å². The number of hydrogen-bond acceptors (Lipinski definition) is 5. The zero-order chi connectivity index (χ0) is 19.9. The number of amides is 2. The number of ether oxygens (including phenoxy) is 1. The molecule has 0 spiro atoms. The maximum atomic E-state index is 13.3. The molecule has 2 N–H and O–H groups in total. The molecule has 7 nitrogen and oxygen atoms in total. The number of nitrogens with one attached hydrogen (secondary N) is 2. The van der Waals surface area contributed by atoms with Crippen molar-refractivity contribution in [2.24, 2.45) is 0 Å². The lowest BCUT2D eigenvalue weighted by Gasteiger charge is -2.09. The molecular formula is C18H19FN2O5S. The summed E-state index contributed by atoms with van der Waals surface area (Å²) in [4.78, 5) is 23.4. The third-order valence-electron chi connectivity index (χ3n) is 3.51. The fourth-order valence-electron chi connectivity index (χ4n) is 2.03. The summed E-state index contributed by atoms with van der Waals surface area (Å²) in [5.41, 5.74) is 5.09. The zero-order valence-corrected chi connectivity index (χ0v) is 15.4. The maximum Gasteiger partial charge on any atom is 0.276 e. The van der Waals surface area contributed by atoms with Crippen molar-refractivity contribution in [1.82, 2.24) is 10.9 Å². The van der Waals surface area contributed by atoms with E-state index in [0.29, 0.717) is 0 Å². The van der Waals surface area contributed by atoms with E-state index in [0.717, 1.165) is 5.56 Å². The lowest BCUT2D eigenvalue weighted by Crippen LogP contribution is -2.44. The van der Waals surface area contributed by atoms with Crippen molar-refractivity contribution < 1.29 is 27.1 Å². The van der Waals surface area contributed by atoms with Gasteiger partial charge in [0.25, 0.3) is 5.91 Å². The molecule has 0 aliphatic heterocycles. The third-order valence-corrected chi connectivity index (χ3v) is 5.25. The van der Waals surface area contributed by atoms with E-state index in [1.807, 2.05) is 6.92 Å². The van der Waals surface area contributed by atoms with Crippen molar-refractivity contribution in [3.05, 3.63) is 59.9 Å². The van der Waals surface area contributed by atoms with E-state index in [1.54, 1.807) is 18.2 Å². The molecule has 0 fully saturated rings. The van der Waals surface area contributed by atoms with Crippen molar-refractivity contribution in [2.75, 3.05) is 12.4 Å². The SMILES string of the molecule is Cc1ccc(S(=O)(=O)CCC(=O)NNC(=O)COc2ccccc2F)cc1. The van der Waals surface area contributed by atoms with E-state index in [4.69, 9.17) is 4.74 Å². The molecule has 0 aliphatic rings. The second-order valence-electron chi connectivity index (χ2n) is 5.70. The number of benzene rings is 2. The van der Waals surface area contributed by atoms with Crippen molar-refractivity contribution in [3.8, 4) is 5.75 Å². The Morgan fingerprint density at radius 3 is 2.30 bits per heavy atom. The van der Waals surface area contributed by atoms with Gasteiger partial charge >= 0.3 is 0 Å². The minimum atomic E-state index is -3.60. The Balaban J connectivity index is 1.74. The minimum Gasteiger partial charge on any atom is -0.481 e. The molecule has 0 unspecified atom stereocenters. The van der Waals surface area contributed by atoms with Crippen LogP contribution in [0.2, 0.25) is 0 Å². The summed E-state index contributed by atoms with van der Waals surface area (Å²) in [5, 5.41) is 0. The quantitative estimate of drug-likeness (QED) is 0.694. The van der Waals surface area contributed by atoms with E-state index in [2.05, 4.69) is 10.9 Å². The van der Waals surface area contributed by atoms with Crippen LogP contribution >= 0.6 is 0 Å². The van der Waals surface area contributed by atoms with Gasteiger partial charge in [-0.2, -0.15) is 0 Å². The largest absolute Gasteiger partial charge is 0.481 e. The first kappa shape index (κ1) is 20.4. The Hall–Kier alpha value is -2.94. The number of sulfone groups is 1. The van der Waals surface area contributed by atoms with Crippen molar-refractivity contribution in [1.29, 1.82) is 0 Å². The van der Waals surface area contributed by atoms with Crippen LogP contribution in [0, 0.1) is 12.7 Å². The second-order valence-corrected chi connectivity index (χ2v) is 7.81. The predicted octanol–water partition coefficient (Wildman–Crippen LogP) is 1.52. The molecule has 9 heteroatoms. The molecule has 2 amide bonds. The van der Waals surface area contributed by atoms with Crippen LogP contribution in [-0.4, -0.2) is 32.6 Å². The average Bonchev–Trinajstić information content (AvgIpc) is 2.64. The number of carbonyl (C=O) groups excluding carboxylic acids is 2. The van der Waals surface area contributed by atoms with Gasteiger partial charge in [0.05, 0.1) is 10.6 Å². The highest BCUT2D eigenvalue weighted by Crippen LogP contribution is 2.15. The normalized spacial score (nSPS) is 10.9. The van der Waals surface area contributed by atoms with Crippen LogP contribution in [-0.2, 0) is 19.4 Å². The molecule has 0 heterocycles. The van der Waals surface area contributed by atoms with Gasteiger partial charge in [-0.3, -0.25) is 20.4 Å². The van der Waals surface area contributed by atoms with Crippen LogP contribution in [0.25, 0.3) is 0 Å².